The fourth-order valence-corrected chi connectivity index (χ4v) is 2.02. The van der Waals surface area contributed by atoms with Gasteiger partial charge in [0.05, 0.1) is 11.6 Å². The van der Waals surface area contributed by atoms with Gasteiger partial charge in [0.1, 0.15) is 5.60 Å². The standard InChI is InChI=1S/C13H14BrFN2O2/c1-7-8(14)5-16-11-10(7)9(15)6-17(11)12(18)19-13(2,3)4/h5-6H,1-4H3. The predicted molar refractivity (Wildman–Crippen MR) is 73.8 cm³/mol. The van der Waals surface area contributed by atoms with Gasteiger partial charge in [-0.25, -0.2) is 18.7 Å². The molecule has 0 fully saturated rings. The van der Waals surface area contributed by atoms with E-state index in [4.69, 9.17) is 4.74 Å². The smallest absolute Gasteiger partial charge is 0.420 e. The largest absolute Gasteiger partial charge is 0.443 e. The second-order valence-electron chi connectivity index (χ2n) is 5.26. The van der Waals surface area contributed by atoms with E-state index in [1.807, 2.05) is 0 Å². The zero-order valence-corrected chi connectivity index (χ0v) is 12.7. The minimum Gasteiger partial charge on any atom is -0.443 e. The molecule has 0 saturated heterocycles. The van der Waals surface area contributed by atoms with E-state index in [-0.39, 0.29) is 5.65 Å². The summed E-state index contributed by atoms with van der Waals surface area (Å²) in [6.07, 6.45) is 2.00. The summed E-state index contributed by atoms with van der Waals surface area (Å²) >= 11 is 3.29. The molecule has 6 heteroatoms. The number of nitrogens with zero attached hydrogens (tertiary/aromatic N) is 2. The van der Waals surface area contributed by atoms with Crippen LogP contribution >= 0.6 is 15.9 Å². The van der Waals surface area contributed by atoms with Crippen LogP contribution in [0.1, 0.15) is 26.3 Å². The Labute approximate surface area is 118 Å². The van der Waals surface area contributed by atoms with Gasteiger partial charge in [0.2, 0.25) is 0 Å². The molecule has 0 radical (unpaired) electrons. The summed E-state index contributed by atoms with van der Waals surface area (Å²) in [5.74, 6) is -0.493. The molecule has 0 aliphatic carbocycles. The van der Waals surface area contributed by atoms with E-state index < -0.39 is 17.5 Å². The molecule has 0 N–H and O–H groups in total. The third kappa shape index (κ3) is 2.63. The fraction of sp³-hybridized carbons (Fsp3) is 0.385. The highest BCUT2D eigenvalue weighted by molar-refractivity contribution is 9.10. The van der Waals surface area contributed by atoms with E-state index in [0.29, 0.717) is 15.4 Å². The normalized spacial score (nSPS) is 11.9. The predicted octanol–water partition coefficient (Wildman–Crippen LogP) is 4.03. The SMILES string of the molecule is Cc1c(Br)cnc2c1c(F)cn2C(=O)OC(C)(C)C. The first kappa shape index (κ1) is 14.0. The number of pyridine rings is 1. The quantitative estimate of drug-likeness (QED) is 0.733. The van der Waals surface area contributed by atoms with Crippen LogP contribution in [0, 0.1) is 12.7 Å². The third-order valence-corrected chi connectivity index (χ3v) is 3.36. The van der Waals surface area contributed by atoms with Crippen LogP contribution in [-0.2, 0) is 4.74 Å². The first-order valence-corrected chi connectivity index (χ1v) is 6.55. The summed E-state index contributed by atoms with van der Waals surface area (Å²) in [4.78, 5) is 16.1. The van der Waals surface area contributed by atoms with Crippen LogP contribution in [0.15, 0.2) is 16.9 Å². The molecule has 2 rings (SSSR count). The topological polar surface area (TPSA) is 44.1 Å². The lowest BCUT2D eigenvalue weighted by Gasteiger charge is -2.19. The number of rotatable bonds is 0. The summed E-state index contributed by atoms with van der Waals surface area (Å²) < 4.78 is 21.0. The molecule has 0 unspecified atom stereocenters. The van der Waals surface area contributed by atoms with E-state index in [2.05, 4.69) is 20.9 Å². The Morgan fingerprint density at radius 3 is 2.68 bits per heavy atom. The number of carbonyl (C=O) groups excluding carboxylic acids is 1. The molecule has 0 aliphatic heterocycles. The van der Waals surface area contributed by atoms with Gasteiger partial charge in [0.25, 0.3) is 0 Å². The van der Waals surface area contributed by atoms with Gasteiger partial charge in [0.15, 0.2) is 11.5 Å². The highest BCUT2D eigenvalue weighted by Gasteiger charge is 2.22. The van der Waals surface area contributed by atoms with Crippen molar-refractivity contribution in [2.45, 2.75) is 33.3 Å². The maximum atomic E-state index is 14.0. The lowest BCUT2D eigenvalue weighted by molar-refractivity contribution is 0.0542. The van der Waals surface area contributed by atoms with Crippen molar-refractivity contribution in [1.82, 2.24) is 9.55 Å². The summed E-state index contributed by atoms with van der Waals surface area (Å²) in [5, 5.41) is 0.320. The zero-order chi connectivity index (χ0) is 14.4. The number of halogens is 2. The van der Waals surface area contributed by atoms with Crippen molar-refractivity contribution in [3.05, 3.63) is 28.2 Å². The lowest BCUT2D eigenvalue weighted by atomic mass is 10.2. The number of aromatic nitrogens is 2. The summed E-state index contributed by atoms with van der Waals surface area (Å²) in [6.45, 7) is 7.02. The molecule has 0 bridgehead atoms. The molecular formula is C13H14BrFN2O2. The highest BCUT2D eigenvalue weighted by Crippen LogP contribution is 2.27. The van der Waals surface area contributed by atoms with Crippen LogP contribution in [0.4, 0.5) is 9.18 Å². The van der Waals surface area contributed by atoms with Crippen molar-refractivity contribution in [3.63, 3.8) is 0 Å². The minimum absolute atomic E-state index is 0.257. The number of ether oxygens (including phenoxy) is 1. The van der Waals surface area contributed by atoms with Crippen molar-refractivity contribution < 1.29 is 13.9 Å². The van der Waals surface area contributed by atoms with Crippen LogP contribution in [0.3, 0.4) is 0 Å². The van der Waals surface area contributed by atoms with E-state index in [1.54, 1.807) is 27.7 Å². The second-order valence-corrected chi connectivity index (χ2v) is 6.11. The molecule has 0 aliphatic rings. The first-order valence-electron chi connectivity index (χ1n) is 5.75. The monoisotopic (exact) mass is 328 g/mol. The Hall–Kier alpha value is -1.43. The zero-order valence-electron chi connectivity index (χ0n) is 11.1. The van der Waals surface area contributed by atoms with E-state index in [9.17, 15) is 9.18 Å². The molecule has 19 heavy (non-hydrogen) atoms. The van der Waals surface area contributed by atoms with Crippen molar-refractivity contribution >= 4 is 33.1 Å². The molecular weight excluding hydrogens is 315 g/mol. The minimum atomic E-state index is -0.644. The highest BCUT2D eigenvalue weighted by atomic mass is 79.9. The Morgan fingerprint density at radius 2 is 2.11 bits per heavy atom. The van der Waals surface area contributed by atoms with Gasteiger partial charge < -0.3 is 4.74 Å². The Morgan fingerprint density at radius 1 is 1.47 bits per heavy atom. The first-order chi connectivity index (χ1) is 8.70. The molecule has 0 aromatic carbocycles. The number of hydrogen-bond donors (Lipinski definition) is 0. The van der Waals surface area contributed by atoms with Crippen molar-refractivity contribution in [2.75, 3.05) is 0 Å². The Balaban J connectivity index is 2.58. The van der Waals surface area contributed by atoms with E-state index in [1.165, 1.54) is 6.20 Å². The van der Waals surface area contributed by atoms with Gasteiger partial charge in [0, 0.05) is 10.7 Å². The molecule has 102 valence electrons. The van der Waals surface area contributed by atoms with Gasteiger partial charge >= 0.3 is 6.09 Å². The second kappa shape index (κ2) is 4.59. The van der Waals surface area contributed by atoms with Gasteiger partial charge in [-0.05, 0) is 49.2 Å². The lowest BCUT2D eigenvalue weighted by Crippen LogP contribution is -2.26. The molecule has 2 aromatic heterocycles. The van der Waals surface area contributed by atoms with E-state index in [0.717, 1.165) is 10.8 Å². The average molecular weight is 329 g/mol. The van der Waals surface area contributed by atoms with Crippen LogP contribution < -0.4 is 0 Å². The Kier molecular flexibility index (Phi) is 3.38. The number of fused-ring (bicyclic) bond motifs is 1. The fourth-order valence-electron chi connectivity index (χ4n) is 1.72. The van der Waals surface area contributed by atoms with Crippen LogP contribution in [-0.4, -0.2) is 21.2 Å². The van der Waals surface area contributed by atoms with E-state index >= 15 is 0 Å². The van der Waals surface area contributed by atoms with Crippen LogP contribution in [0.5, 0.6) is 0 Å². The molecule has 2 heterocycles. The van der Waals surface area contributed by atoms with Crippen LogP contribution in [0.2, 0.25) is 0 Å². The number of carbonyl (C=O) groups is 1. The third-order valence-electron chi connectivity index (χ3n) is 2.56. The van der Waals surface area contributed by atoms with Crippen molar-refractivity contribution in [2.24, 2.45) is 0 Å². The molecule has 0 spiro atoms. The Bertz CT molecular complexity index is 659. The van der Waals surface area contributed by atoms with Crippen molar-refractivity contribution in [3.8, 4) is 0 Å². The molecule has 0 saturated carbocycles. The van der Waals surface area contributed by atoms with Gasteiger partial charge in [-0.15, -0.1) is 0 Å². The number of aryl methyl sites for hydroxylation is 1. The van der Waals surface area contributed by atoms with Gasteiger partial charge in [-0.1, -0.05) is 0 Å². The molecule has 4 nitrogen and oxygen atoms in total. The van der Waals surface area contributed by atoms with Crippen molar-refractivity contribution in [1.29, 1.82) is 0 Å². The van der Waals surface area contributed by atoms with Crippen LogP contribution in [0.25, 0.3) is 11.0 Å². The molecule has 0 amide bonds. The number of hydrogen-bond acceptors (Lipinski definition) is 3. The summed E-state index contributed by atoms with van der Waals surface area (Å²) in [5.41, 5.74) is 0.312. The van der Waals surface area contributed by atoms with Gasteiger partial charge in [-0.2, -0.15) is 0 Å². The maximum Gasteiger partial charge on any atom is 0.420 e. The van der Waals surface area contributed by atoms with Gasteiger partial charge in [-0.3, -0.25) is 0 Å². The average Bonchev–Trinajstić information content (AvgIpc) is 2.59. The summed E-state index contributed by atoms with van der Waals surface area (Å²) in [6, 6.07) is 0. The summed E-state index contributed by atoms with van der Waals surface area (Å²) in [7, 11) is 0. The molecule has 2 aromatic rings. The molecule has 0 atom stereocenters. The maximum absolute atomic E-state index is 14.0.